The Morgan fingerprint density at radius 1 is 1.15 bits per heavy atom. The fourth-order valence-electron chi connectivity index (χ4n) is 4.22. The summed E-state index contributed by atoms with van der Waals surface area (Å²) in [4.78, 5) is 12.7. The molecule has 1 heterocycles. The van der Waals surface area contributed by atoms with Crippen LogP contribution >= 0.6 is 15.9 Å². The predicted molar refractivity (Wildman–Crippen MR) is 118 cm³/mol. The molecule has 150 valence electrons. The van der Waals surface area contributed by atoms with Gasteiger partial charge in [-0.2, -0.15) is 0 Å². The molecule has 0 aliphatic carbocycles. The molecule has 0 N–H and O–H groups in total. The van der Waals surface area contributed by atoms with E-state index in [9.17, 15) is 4.79 Å². The second-order valence-corrected chi connectivity index (χ2v) is 7.80. The SMILES string of the molecule is CCCCCCCC(CC)c1cccc2c1c(C(=O)OC)c(CBr)n2CC. The number of hydrogen-bond donors (Lipinski definition) is 0. The second kappa shape index (κ2) is 10.9. The zero-order valence-corrected chi connectivity index (χ0v) is 18.9. The standard InChI is InChI=1S/C23H34BrNO2/c1-5-8-9-10-11-13-17(6-2)18-14-12-15-19-21(18)22(23(26)27-4)20(16-24)25(19)7-3/h12,14-15,17H,5-11,13,16H2,1-4H3. The number of unbranched alkanes of at least 4 members (excludes halogenated alkanes) is 4. The number of carbonyl (C=O) groups is 1. The van der Waals surface area contributed by atoms with E-state index in [4.69, 9.17) is 4.74 Å². The molecule has 2 aromatic rings. The van der Waals surface area contributed by atoms with Gasteiger partial charge in [0.2, 0.25) is 0 Å². The van der Waals surface area contributed by atoms with Crippen molar-refractivity contribution in [2.24, 2.45) is 0 Å². The monoisotopic (exact) mass is 435 g/mol. The molecule has 3 nitrogen and oxygen atoms in total. The van der Waals surface area contributed by atoms with Crippen molar-refractivity contribution in [3.05, 3.63) is 35.0 Å². The molecule has 0 radical (unpaired) electrons. The van der Waals surface area contributed by atoms with Crippen molar-refractivity contribution in [3.8, 4) is 0 Å². The molecule has 1 atom stereocenters. The Balaban J connectivity index is 2.49. The summed E-state index contributed by atoms with van der Waals surface area (Å²) in [6, 6.07) is 6.49. The first kappa shape index (κ1) is 22.0. The zero-order chi connectivity index (χ0) is 19.8. The van der Waals surface area contributed by atoms with Gasteiger partial charge in [0.1, 0.15) is 0 Å². The van der Waals surface area contributed by atoms with Crippen LogP contribution in [0, 0.1) is 0 Å². The fourth-order valence-corrected chi connectivity index (χ4v) is 4.80. The van der Waals surface area contributed by atoms with Crippen molar-refractivity contribution in [2.75, 3.05) is 7.11 Å². The van der Waals surface area contributed by atoms with E-state index >= 15 is 0 Å². The predicted octanol–water partition coefficient (Wildman–Crippen LogP) is 7.20. The van der Waals surface area contributed by atoms with Crippen LogP contribution in [0.1, 0.15) is 93.3 Å². The Morgan fingerprint density at radius 2 is 1.89 bits per heavy atom. The number of halogens is 1. The summed E-state index contributed by atoms with van der Waals surface area (Å²) in [7, 11) is 1.48. The summed E-state index contributed by atoms with van der Waals surface area (Å²) in [5, 5.41) is 1.74. The lowest BCUT2D eigenvalue weighted by Gasteiger charge is -2.17. The number of fused-ring (bicyclic) bond motifs is 1. The number of benzene rings is 1. The van der Waals surface area contributed by atoms with E-state index < -0.39 is 0 Å². The quantitative estimate of drug-likeness (QED) is 0.212. The summed E-state index contributed by atoms with van der Waals surface area (Å²) in [6.07, 6.45) is 8.75. The second-order valence-electron chi connectivity index (χ2n) is 7.24. The molecule has 0 saturated carbocycles. The van der Waals surface area contributed by atoms with Crippen molar-refractivity contribution >= 4 is 32.8 Å². The van der Waals surface area contributed by atoms with Gasteiger partial charge in [0.15, 0.2) is 0 Å². The summed E-state index contributed by atoms with van der Waals surface area (Å²) in [5.74, 6) is 0.251. The highest BCUT2D eigenvalue weighted by Gasteiger charge is 2.26. The topological polar surface area (TPSA) is 31.2 Å². The van der Waals surface area contributed by atoms with Crippen LogP contribution in [0.3, 0.4) is 0 Å². The average Bonchev–Trinajstić information content (AvgIpc) is 3.03. The van der Waals surface area contributed by atoms with Crippen molar-refractivity contribution in [2.45, 2.75) is 83.5 Å². The first-order chi connectivity index (χ1) is 13.1. The van der Waals surface area contributed by atoms with Gasteiger partial charge in [-0.25, -0.2) is 4.79 Å². The third kappa shape index (κ3) is 4.77. The maximum absolute atomic E-state index is 12.7. The van der Waals surface area contributed by atoms with E-state index in [1.54, 1.807) is 0 Å². The molecule has 4 heteroatoms. The van der Waals surface area contributed by atoms with E-state index in [0.29, 0.717) is 11.2 Å². The Kier molecular flexibility index (Phi) is 8.88. The van der Waals surface area contributed by atoms with Gasteiger partial charge < -0.3 is 9.30 Å². The molecule has 1 aromatic heterocycles. The summed E-state index contributed by atoms with van der Waals surface area (Å²) >= 11 is 3.59. The number of aromatic nitrogens is 1. The van der Waals surface area contributed by atoms with Gasteiger partial charge in [-0.05, 0) is 37.3 Å². The highest BCUT2D eigenvalue weighted by molar-refractivity contribution is 9.08. The van der Waals surface area contributed by atoms with Crippen LogP contribution in [0.5, 0.6) is 0 Å². The van der Waals surface area contributed by atoms with Crippen molar-refractivity contribution < 1.29 is 9.53 Å². The first-order valence-corrected chi connectivity index (χ1v) is 11.5. The minimum atomic E-state index is -0.230. The average molecular weight is 436 g/mol. The van der Waals surface area contributed by atoms with Gasteiger partial charge in [-0.3, -0.25) is 0 Å². The maximum atomic E-state index is 12.7. The van der Waals surface area contributed by atoms with Gasteiger partial charge >= 0.3 is 5.97 Å². The molecule has 0 fully saturated rings. The van der Waals surface area contributed by atoms with Crippen LogP contribution in [0.2, 0.25) is 0 Å². The largest absolute Gasteiger partial charge is 0.465 e. The van der Waals surface area contributed by atoms with Gasteiger partial charge in [0, 0.05) is 28.5 Å². The van der Waals surface area contributed by atoms with Crippen LogP contribution in [0.4, 0.5) is 0 Å². The highest BCUT2D eigenvalue weighted by atomic mass is 79.9. The molecule has 0 spiro atoms. The van der Waals surface area contributed by atoms with Crippen LogP contribution in [0.15, 0.2) is 18.2 Å². The fraction of sp³-hybridized carbons (Fsp3) is 0.609. The summed E-state index contributed by atoms with van der Waals surface area (Å²) in [6.45, 7) is 7.48. The molecule has 2 rings (SSSR count). The number of aryl methyl sites for hydroxylation is 1. The van der Waals surface area contributed by atoms with Crippen molar-refractivity contribution in [1.29, 1.82) is 0 Å². The minimum Gasteiger partial charge on any atom is -0.465 e. The molecule has 0 aliphatic rings. The summed E-state index contributed by atoms with van der Waals surface area (Å²) < 4.78 is 7.41. The Morgan fingerprint density at radius 3 is 2.48 bits per heavy atom. The molecular weight excluding hydrogens is 402 g/mol. The van der Waals surface area contributed by atoms with Crippen LogP contribution in [0.25, 0.3) is 10.9 Å². The van der Waals surface area contributed by atoms with E-state index in [0.717, 1.165) is 35.1 Å². The number of rotatable bonds is 11. The maximum Gasteiger partial charge on any atom is 0.340 e. The number of alkyl halides is 1. The number of nitrogens with zero attached hydrogens (tertiary/aromatic N) is 1. The van der Waals surface area contributed by atoms with Crippen molar-refractivity contribution in [3.63, 3.8) is 0 Å². The molecule has 27 heavy (non-hydrogen) atoms. The first-order valence-electron chi connectivity index (χ1n) is 10.4. The van der Waals surface area contributed by atoms with Gasteiger partial charge in [-0.15, -0.1) is 0 Å². The van der Waals surface area contributed by atoms with E-state index in [1.165, 1.54) is 51.2 Å². The number of methoxy groups -OCH3 is 1. The van der Waals surface area contributed by atoms with Gasteiger partial charge in [-0.1, -0.05) is 74.0 Å². The lowest BCUT2D eigenvalue weighted by Crippen LogP contribution is -2.07. The molecule has 1 unspecified atom stereocenters. The van der Waals surface area contributed by atoms with E-state index in [-0.39, 0.29) is 5.97 Å². The molecule has 0 bridgehead atoms. The van der Waals surface area contributed by atoms with Crippen LogP contribution in [-0.2, 0) is 16.6 Å². The number of carbonyl (C=O) groups excluding carboxylic acids is 1. The Bertz CT molecular complexity index is 750. The molecule has 0 amide bonds. The number of ether oxygens (including phenoxy) is 1. The molecule has 1 aromatic carbocycles. The van der Waals surface area contributed by atoms with E-state index in [1.807, 2.05) is 0 Å². The molecule has 0 aliphatic heterocycles. The zero-order valence-electron chi connectivity index (χ0n) is 17.3. The lowest BCUT2D eigenvalue weighted by molar-refractivity contribution is 0.0601. The van der Waals surface area contributed by atoms with Crippen molar-refractivity contribution in [1.82, 2.24) is 4.57 Å². The van der Waals surface area contributed by atoms with Gasteiger partial charge in [0.05, 0.1) is 12.7 Å². The van der Waals surface area contributed by atoms with E-state index in [2.05, 4.69) is 59.5 Å². The molecular formula is C23H34BrNO2. The number of esters is 1. The van der Waals surface area contributed by atoms with Gasteiger partial charge in [0.25, 0.3) is 0 Å². The third-order valence-electron chi connectivity index (χ3n) is 5.65. The summed E-state index contributed by atoms with van der Waals surface area (Å²) in [5.41, 5.74) is 4.21. The Labute approximate surface area is 172 Å². The third-order valence-corrected chi connectivity index (χ3v) is 6.18. The number of hydrogen-bond acceptors (Lipinski definition) is 2. The molecule has 0 saturated heterocycles. The van der Waals surface area contributed by atoms with Crippen LogP contribution in [-0.4, -0.2) is 17.6 Å². The lowest BCUT2D eigenvalue weighted by atomic mass is 9.87. The highest BCUT2D eigenvalue weighted by Crippen LogP contribution is 2.37. The Hall–Kier alpha value is -1.29. The van der Waals surface area contributed by atoms with Crippen LogP contribution < -0.4 is 0 Å². The smallest absolute Gasteiger partial charge is 0.340 e. The normalized spacial score (nSPS) is 12.5. The minimum absolute atomic E-state index is 0.230.